The Morgan fingerprint density at radius 3 is 2.75 bits per heavy atom. The molecule has 3 aromatic rings. The molecule has 0 spiro atoms. The molecule has 8 nitrogen and oxygen atoms in total. The lowest BCUT2D eigenvalue weighted by Gasteiger charge is -2.20. The molecule has 1 heterocycles. The molecule has 3 N–H and O–H groups in total. The first-order valence-corrected chi connectivity index (χ1v) is 10.1. The number of anilines is 1. The van der Waals surface area contributed by atoms with Gasteiger partial charge in [0.25, 0.3) is 0 Å². The number of benzene rings is 2. The van der Waals surface area contributed by atoms with Gasteiger partial charge in [-0.05, 0) is 44.9 Å². The van der Waals surface area contributed by atoms with E-state index in [0.717, 1.165) is 5.56 Å². The second kappa shape index (κ2) is 10.7. The molecule has 170 valence electrons. The van der Waals surface area contributed by atoms with E-state index in [-0.39, 0.29) is 11.6 Å². The first-order valence-electron chi connectivity index (χ1n) is 10.1. The van der Waals surface area contributed by atoms with E-state index in [4.69, 9.17) is 9.47 Å². The Morgan fingerprint density at radius 2 is 2.09 bits per heavy atom. The highest BCUT2D eigenvalue weighted by atomic mass is 19.1. The van der Waals surface area contributed by atoms with Crippen molar-refractivity contribution in [1.29, 1.82) is 0 Å². The van der Waals surface area contributed by atoms with Crippen molar-refractivity contribution in [3.05, 3.63) is 60.2 Å². The molecular weight excluding hydrogens is 413 g/mol. The minimum absolute atomic E-state index is 0.252. The van der Waals surface area contributed by atoms with E-state index in [1.807, 2.05) is 25.1 Å². The van der Waals surface area contributed by atoms with Crippen LogP contribution < -0.4 is 20.1 Å². The number of nitrogens with one attached hydrogen (secondary N) is 3. The minimum atomic E-state index is -0.670. The number of amides is 1. The molecule has 0 aliphatic rings. The molecule has 0 saturated heterocycles. The average Bonchev–Trinajstić information content (AvgIpc) is 3.30. The summed E-state index contributed by atoms with van der Waals surface area (Å²) in [7, 11) is 7.11. The van der Waals surface area contributed by atoms with Crippen molar-refractivity contribution < 1.29 is 18.7 Å². The maximum absolute atomic E-state index is 14.9. The summed E-state index contributed by atoms with van der Waals surface area (Å²) in [5.41, 5.74) is 1.88. The molecule has 9 heteroatoms. The number of hydrogen-bond donors (Lipinski definition) is 3. The Bertz CT molecular complexity index is 1040. The number of halogens is 1. The standard InChI is InChI=1S/C23H28FN5O3/c1-25-22(15-6-5-7-17(10-15)31-4)23(30)28-20-12-19(24)18(16-13-26-27-14-16)11-21(20)32-9-8-29(2)3/h5-7,10-14,22,25H,8-9H2,1-4H3,(H,26,27)(H,28,30)/t22-/m0/s1. The SMILES string of the molecule is CN[C@H](C(=O)Nc1cc(F)c(-c2cn[nH]c2)cc1OCCN(C)C)c1cccc(OC)c1. The Balaban J connectivity index is 1.90. The zero-order valence-corrected chi connectivity index (χ0v) is 18.6. The van der Waals surface area contributed by atoms with Gasteiger partial charge < -0.3 is 25.0 Å². The Labute approximate surface area is 186 Å². The molecule has 1 aromatic heterocycles. The van der Waals surface area contributed by atoms with E-state index in [9.17, 15) is 9.18 Å². The number of methoxy groups -OCH3 is 1. The molecule has 0 saturated carbocycles. The van der Waals surface area contributed by atoms with Gasteiger partial charge in [0.2, 0.25) is 5.91 Å². The first kappa shape index (κ1) is 23.2. The van der Waals surface area contributed by atoms with Crippen molar-refractivity contribution in [2.75, 3.05) is 46.7 Å². The summed E-state index contributed by atoms with van der Waals surface area (Å²) in [4.78, 5) is 15.1. The van der Waals surface area contributed by atoms with Gasteiger partial charge in [-0.15, -0.1) is 0 Å². The van der Waals surface area contributed by atoms with Crippen molar-refractivity contribution in [3.63, 3.8) is 0 Å². The lowest BCUT2D eigenvalue weighted by Crippen LogP contribution is -2.31. The summed E-state index contributed by atoms with van der Waals surface area (Å²) in [5, 5.41) is 12.4. The van der Waals surface area contributed by atoms with Gasteiger partial charge in [-0.25, -0.2) is 4.39 Å². The second-order valence-electron chi connectivity index (χ2n) is 7.45. The molecule has 1 atom stereocenters. The third-order valence-electron chi connectivity index (χ3n) is 4.91. The van der Waals surface area contributed by atoms with Crippen LogP contribution in [0.2, 0.25) is 0 Å². The van der Waals surface area contributed by atoms with E-state index < -0.39 is 11.9 Å². The number of hydrogen-bond acceptors (Lipinski definition) is 6. The number of ether oxygens (including phenoxy) is 2. The summed E-state index contributed by atoms with van der Waals surface area (Å²) < 4.78 is 26.1. The van der Waals surface area contributed by atoms with Crippen molar-refractivity contribution >= 4 is 11.6 Å². The fraction of sp³-hybridized carbons (Fsp3) is 0.304. The van der Waals surface area contributed by atoms with Gasteiger partial charge in [-0.1, -0.05) is 12.1 Å². The van der Waals surface area contributed by atoms with Crippen LogP contribution in [0.5, 0.6) is 11.5 Å². The number of likely N-dealkylation sites (N-methyl/N-ethyl adjacent to an activating group) is 2. The quantitative estimate of drug-likeness (QED) is 0.448. The van der Waals surface area contributed by atoms with Crippen LogP contribution >= 0.6 is 0 Å². The van der Waals surface area contributed by atoms with Crippen LogP contribution in [0.25, 0.3) is 11.1 Å². The summed E-state index contributed by atoms with van der Waals surface area (Å²) in [6.07, 6.45) is 3.13. The van der Waals surface area contributed by atoms with Gasteiger partial charge in [0.05, 0.1) is 19.0 Å². The second-order valence-corrected chi connectivity index (χ2v) is 7.45. The summed E-state index contributed by atoms with van der Waals surface area (Å²) in [6.45, 7) is 1.03. The number of H-pyrrole nitrogens is 1. The van der Waals surface area contributed by atoms with Gasteiger partial charge in [-0.3, -0.25) is 9.89 Å². The molecule has 0 aliphatic heterocycles. The fourth-order valence-corrected chi connectivity index (χ4v) is 3.20. The molecule has 0 radical (unpaired) electrons. The van der Waals surface area contributed by atoms with Gasteiger partial charge in [0.1, 0.15) is 30.0 Å². The Kier molecular flexibility index (Phi) is 7.80. The van der Waals surface area contributed by atoms with Crippen LogP contribution in [0.15, 0.2) is 48.8 Å². The topological polar surface area (TPSA) is 91.5 Å². The summed E-state index contributed by atoms with van der Waals surface area (Å²) in [6, 6.07) is 9.37. The number of nitrogens with zero attached hydrogens (tertiary/aromatic N) is 2. The van der Waals surface area contributed by atoms with Crippen molar-refractivity contribution in [1.82, 2.24) is 20.4 Å². The van der Waals surface area contributed by atoms with Gasteiger partial charge in [-0.2, -0.15) is 5.10 Å². The lowest BCUT2D eigenvalue weighted by atomic mass is 10.0. The first-order chi connectivity index (χ1) is 15.4. The predicted octanol–water partition coefficient (Wildman–Crippen LogP) is 3.06. The molecule has 0 aliphatic carbocycles. The molecule has 0 fully saturated rings. The van der Waals surface area contributed by atoms with Crippen LogP contribution in [-0.2, 0) is 4.79 Å². The van der Waals surface area contributed by atoms with Crippen LogP contribution in [0.3, 0.4) is 0 Å². The zero-order valence-electron chi connectivity index (χ0n) is 18.6. The van der Waals surface area contributed by atoms with Crippen LogP contribution in [0, 0.1) is 5.82 Å². The van der Waals surface area contributed by atoms with Crippen LogP contribution in [0.4, 0.5) is 10.1 Å². The smallest absolute Gasteiger partial charge is 0.246 e. The maximum Gasteiger partial charge on any atom is 0.246 e. The number of rotatable bonds is 10. The maximum atomic E-state index is 14.9. The predicted molar refractivity (Wildman–Crippen MR) is 121 cm³/mol. The molecule has 1 amide bonds. The van der Waals surface area contributed by atoms with Crippen molar-refractivity contribution in [2.24, 2.45) is 0 Å². The number of carbonyl (C=O) groups is 1. The summed E-state index contributed by atoms with van der Waals surface area (Å²) in [5.74, 6) is 0.162. The Hall–Kier alpha value is -3.43. The van der Waals surface area contributed by atoms with Crippen LogP contribution in [0.1, 0.15) is 11.6 Å². The third kappa shape index (κ3) is 5.63. The Morgan fingerprint density at radius 1 is 1.28 bits per heavy atom. The van der Waals surface area contributed by atoms with Crippen LogP contribution in [-0.4, -0.2) is 62.4 Å². The third-order valence-corrected chi connectivity index (χ3v) is 4.91. The lowest BCUT2D eigenvalue weighted by molar-refractivity contribution is -0.118. The largest absolute Gasteiger partial charge is 0.497 e. The van der Waals surface area contributed by atoms with Gasteiger partial charge in [0.15, 0.2) is 0 Å². The van der Waals surface area contributed by atoms with Crippen molar-refractivity contribution in [3.8, 4) is 22.6 Å². The van der Waals surface area contributed by atoms with E-state index >= 15 is 0 Å². The highest BCUT2D eigenvalue weighted by Crippen LogP contribution is 2.34. The van der Waals surface area contributed by atoms with E-state index in [0.29, 0.717) is 35.8 Å². The summed E-state index contributed by atoms with van der Waals surface area (Å²) >= 11 is 0. The normalized spacial score (nSPS) is 11.9. The van der Waals surface area contributed by atoms with Gasteiger partial charge >= 0.3 is 0 Å². The van der Waals surface area contributed by atoms with Crippen molar-refractivity contribution in [2.45, 2.75) is 6.04 Å². The molecule has 3 rings (SSSR count). The van der Waals surface area contributed by atoms with E-state index in [1.54, 1.807) is 44.6 Å². The average molecular weight is 442 g/mol. The van der Waals surface area contributed by atoms with E-state index in [2.05, 4.69) is 20.8 Å². The highest BCUT2D eigenvalue weighted by Gasteiger charge is 2.22. The monoisotopic (exact) mass is 441 g/mol. The fourth-order valence-electron chi connectivity index (χ4n) is 3.20. The molecule has 0 unspecified atom stereocenters. The van der Waals surface area contributed by atoms with Gasteiger partial charge in [0, 0.05) is 29.9 Å². The number of aromatic nitrogens is 2. The molecule has 2 aromatic carbocycles. The van der Waals surface area contributed by atoms with E-state index in [1.165, 1.54) is 12.3 Å². The minimum Gasteiger partial charge on any atom is -0.497 e. The number of carbonyl (C=O) groups excluding carboxylic acids is 1. The number of aromatic amines is 1. The molecular formula is C23H28FN5O3. The highest BCUT2D eigenvalue weighted by molar-refractivity contribution is 5.97. The molecule has 0 bridgehead atoms. The zero-order chi connectivity index (χ0) is 23.1. The molecule has 32 heavy (non-hydrogen) atoms.